The molecule has 0 spiro atoms. The molecule has 2 N–H and O–H groups in total. The van der Waals surface area contributed by atoms with Crippen LogP contribution in [0.3, 0.4) is 0 Å². The van der Waals surface area contributed by atoms with E-state index in [2.05, 4.69) is 47.7 Å². The Hall–Kier alpha value is -3.57. The number of amides is 2. The standard InChI is InChI=1S/C24H20Br2N4O5/c1-14-6-7-21(15(2)8-14)28-22(31)13-35-23-19(25)9-16(10-20(23)26)12-27-29-24(32)17-4-3-5-18(11-17)30(33)34/h3-12H,13H2,1-2H3,(H,28,31)(H,29,32)/b27-12+. The van der Waals surface area contributed by atoms with Crippen molar-refractivity contribution in [2.24, 2.45) is 5.10 Å². The van der Waals surface area contributed by atoms with Gasteiger partial charge in [-0.05, 0) is 81.1 Å². The van der Waals surface area contributed by atoms with Gasteiger partial charge >= 0.3 is 0 Å². The number of nitrogens with one attached hydrogen (secondary N) is 2. The van der Waals surface area contributed by atoms with Gasteiger partial charge in [0.15, 0.2) is 6.61 Å². The number of benzene rings is 3. The summed E-state index contributed by atoms with van der Waals surface area (Å²) in [4.78, 5) is 34.8. The van der Waals surface area contributed by atoms with Crippen molar-refractivity contribution >= 4 is 61.3 Å². The average Bonchev–Trinajstić information content (AvgIpc) is 2.80. The molecule has 0 aromatic heterocycles. The fourth-order valence-electron chi connectivity index (χ4n) is 3.06. The number of nitro groups is 1. The van der Waals surface area contributed by atoms with Gasteiger partial charge in [-0.25, -0.2) is 5.43 Å². The normalized spacial score (nSPS) is 10.7. The Bertz CT molecular complexity index is 1300. The molecule has 11 heteroatoms. The van der Waals surface area contributed by atoms with Crippen LogP contribution in [0.25, 0.3) is 0 Å². The smallest absolute Gasteiger partial charge is 0.271 e. The summed E-state index contributed by atoms with van der Waals surface area (Å²) in [6.07, 6.45) is 1.40. The molecule has 0 radical (unpaired) electrons. The summed E-state index contributed by atoms with van der Waals surface area (Å²) in [5.41, 5.74) is 5.67. The molecule has 0 bridgehead atoms. The Balaban J connectivity index is 1.60. The lowest BCUT2D eigenvalue weighted by molar-refractivity contribution is -0.384. The van der Waals surface area contributed by atoms with Gasteiger partial charge in [-0.15, -0.1) is 0 Å². The highest BCUT2D eigenvalue weighted by molar-refractivity contribution is 9.11. The summed E-state index contributed by atoms with van der Waals surface area (Å²) in [5.74, 6) is -0.457. The van der Waals surface area contributed by atoms with E-state index in [0.717, 1.165) is 16.8 Å². The van der Waals surface area contributed by atoms with Crippen molar-refractivity contribution in [1.82, 2.24) is 5.43 Å². The highest BCUT2D eigenvalue weighted by Gasteiger charge is 2.13. The first-order chi connectivity index (χ1) is 16.6. The highest BCUT2D eigenvalue weighted by Crippen LogP contribution is 2.34. The van der Waals surface area contributed by atoms with Crippen molar-refractivity contribution in [3.63, 3.8) is 0 Å². The van der Waals surface area contributed by atoms with Crippen molar-refractivity contribution < 1.29 is 19.2 Å². The van der Waals surface area contributed by atoms with Gasteiger partial charge in [0.05, 0.1) is 20.1 Å². The zero-order chi connectivity index (χ0) is 25.5. The third kappa shape index (κ3) is 7.20. The van der Waals surface area contributed by atoms with Crippen LogP contribution in [0.15, 0.2) is 68.6 Å². The summed E-state index contributed by atoms with van der Waals surface area (Å²) in [7, 11) is 0. The van der Waals surface area contributed by atoms with E-state index in [1.807, 2.05) is 32.0 Å². The molecule has 0 atom stereocenters. The predicted octanol–water partition coefficient (Wildman–Crippen LogP) is 5.52. The molecule has 180 valence electrons. The van der Waals surface area contributed by atoms with Crippen LogP contribution in [0, 0.1) is 24.0 Å². The second kappa shape index (κ2) is 11.7. The Morgan fingerprint density at radius 2 is 1.80 bits per heavy atom. The van der Waals surface area contributed by atoms with Gasteiger partial charge in [-0.2, -0.15) is 5.10 Å². The van der Waals surface area contributed by atoms with E-state index in [9.17, 15) is 19.7 Å². The number of ether oxygens (including phenoxy) is 1. The lowest BCUT2D eigenvalue weighted by atomic mass is 10.1. The van der Waals surface area contributed by atoms with E-state index in [-0.39, 0.29) is 23.8 Å². The minimum absolute atomic E-state index is 0.113. The molecule has 3 aromatic carbocycles. The maximum atomic E-state index is 12.3. The third-order valence-electron chi connectivity index (χ3n) is 4.72. The van der Waals surface area contributed by atoms with Gasteiger partial charge < -0.3 is 10.1 Å². The number of hydrogen-bond acceptors (Lipinski definition) is 6. The molecule has 2 amide bonds. The Morgan fingerprint density at radius 3 is 2.46 bits per heavy atom. The first-order valence-electron chi connectivity index (χ1n) is 10.2. The van der Waals surface area contributed by atoms with Crippen LogP contribution in [0.5, 0.6) is 5.75 Å². The minimum Gasteiger partial charge on any atom is -0.481 e. The van der Waals surface area contributed by atoms with Gasteiger partial charge in [-0.1, -0.05) is 23.8 Å². The molecular weight excluding hydrogens is 584 g/mol. The molecule has 35 heavy (non-hydrogen) atoms. The van der Waals surface area contributed by atoms with Gasteiger partial charge in [-0.3, -0.25) is 19.7 Å². The molecule has 3 rings (SSSR count). The number of halogens is 2. The van der Waals surface area contributed by atoms with E-state index in [1.54, 1.807) is 12.1 Å². The SMILES string of the molecule is Cc1ccc(NC(=O)COc2c(Br)cc(/C=N/NC(=O)c3cccc([N+](=O)[O-])c3)cc2Br)c(C)c1. The summed E-state index contributed by atoms with van der Waals surface area (Å²) in [6, 6.07) is 14.5. The van der Waals surface area contributed by atoms with E-state index >= 15 is 0 Å². The van der Waals surface area contributed by atoms with Crippen LogP contribution >= 0.6 is 31.9 Å². The molecule has 0 saturated heterocycles. The molecule has 9 nitrogen and oxygen atoms in total. The number of carbonyl (C=O) groups is 2. The number of nitro benzene ring substituents is 1. The van der Waals surface area contributed by atoms with Crippen molar-refractivity contribution in [3.05, 3.63) is 95.9 Å². The monoisotopic (exact) mass is 602 g/mol. The highest BCUT2D eigenvalue weighted by atomic mass is 79.9. The molecule has 0 fully saturated rings. The quantitative estimate of drug-likeness (QED) is 0.199. The lowest BCUT2D eigenvalue weighted by Gasteiger charge is -2.12. The number of non-ortho nitro benzene ring substituents is 1. The summed E-state index contributed by atoms with van der Waals surface area (Å²) in [5, 5.41) is 17.6. The molecule has 0 heterocycles. The van der Waals surface area contributed by atoms with Crippen LogP contribution in [-0.4, -0.2) is 29.6 Å². The molecule has 0 aliphatic carbocycles. The second-order valence-corrected chi connectivity index (χ2v) is 9.18. The Kier molecular flexibility index (Phi) is 8.72. The number of anilines is 1. The summed E-state index contributed by atoms with van der Waals surface area (Å²) in [6.45, 7) is 3.70. The topological polar surface area (TPSA) is 123 Å². The van der Waals surface area contributed by atoms with Crippen molar-refractivity contribution in [2.75, 3.05) is 11.9 Å². The van der Waals surface area contributed by atoms with Crippen LogP contribution in [0.4, 0.5) is 11.4 Å². The fourth-order valence-corrected chi connectivity index (χ4v) is 4.51. The van der Waals surface area contributed by atoms with E-state index in [1.165, 1.54) is 30.5 Å². The van der Waals surface area contributed by atoms with Crippen molar-refractivity contribution in [3.8, 4) is 5.75 Å². The molecular formula is C24H20Br2N4O5. The van der Waals surface area contributed by atoms with E-state index in [4.69, 9.17) is 4.74 Å². The van der Waals surface area contributed by atoms with Gasteiger partial charge in [0.25, 0.3) is 17.5 Å². The van der Waals surface area contributed by atoms with Crippen molar-refractivity contribution in [2.45, 2.75) is 13.8 Å². The fraction of sp³-hybridized carbons (Fsp3) is 0.125. The number of hydrogen-bond donors (Lipinski definition) is 2. The molecule has 0 aliphatic heterocycles. The van der Waals surface area contributed by atoms with Crippen molar-refractivity contribution in [1.29, 1.82) is 0 Å². The molecule has 0 unspecified atom stereocenters. The van der Waals surface area contributed by atoms with Gasteiger partial charge in [0.2, 0.25) is 0 Å². The predicted molar refractivity (Wildman–Crippen MR) is 140 cm³/mol. The Labute approximate surface area is 218 Å². The maximum absolute atomic E-state index is 12.3. The van der Waals surface area contributed by atoms with Crippen LogP contribution in [-0.2, 0) is 4.79 Å². The average molecular weight is 604 g/mol. The summed E-state index contributed by atoms with van der Waals surface area (Å²) >= 11 is 6.83. The first kappa shape index (κ1) is 26.0. The largest absolute Gasteiger partial charge is 0.481 e. The number of carbonyl (C=O) groups excluding carboxylic acids is 2. The van der Waals surface area contributed by atoms with Gasteiger partial charge in [0.1, 0.15) is 5.75 Å². The maximum Gasteiger partial charge on any atom is 0.271 e. The number of rotatable bonds is 8. The Morgan fingerprint density at radius 1 is 1.09 bits per heavy atom. The molecule has 0 aliphatic rings. The van der Waals surface area contributed by atoms with Crippen LogP contribution < -0.4 is 15.5 Å². The minimum atomic E-state index is -0.585. The first-order valence-corrected chi connectivity index (χ1v) is 11.8. The van der Waals surface area contributed by atoms with Crippen LogP contribution in [0.2, 0.25) is 0 Å². The molecule has 3 aromatic rings. The summed E-state index contributed by atoms with van der Waals surface area (Å²) < 4.78 is 6.81. The number of hydrazone groups is 1. The zero-order valence-electron chi connectivity index (χ0n) is 18.7. The van der Waals surface area contributed by atoms with Gasteiger partial charge in [0, 0.05) is 23.4 Å². The van der Waals surface area contributed by atoms with E-state index in [0.29, 0.717) is 20.3 Å². The number of nitrogens with zero attached hydrogens (tertiary/aromatic N) is 2. The lowest BCUT2D eigenvalue weighted by Crippen LogP contribution is -2.21. The van der Waals surface area contributed by atoms with Crippen LogP contribution in [0.1, 0.15) is 27.0 Å². The molecule has 0 saturated carbocycles. The third-order valence-corrected chi connectivity index (χ3v) is 5.90. The zero-order valence-corrected chi connectivity index (χ0v) is 21.8. The van der Waals surface area contributed by atoms with E-state index < -0.39 is 10.8 Å². The number of aryl methyl sites for hydroxylation is 2. The second-order valence-electron chi connectivity index (χ2n) is 7.48.